The van der Waals surface area contributed by atoms with Crippen LogP contribution in [0.5, 0.6) is 0 Å². The van der Waals surface area contributed by atoms with E-state index in [1.807, 2.05) is 12.1 Å². The Labute approximate surface area is 310 Å². The first-order chi connectivity index (χ1) is 26.0. The molecule has 0 atom stereocenters. The fourth-order valence-electron chi connectivity index (χ4n) is 8.29. The Morgan fingerprint density at radius 2 is 0.849 bits per heavy atom. The zero-order valence-electron chi connectivity index (χ0n) is 29.7. The van der Waals surface area contributed by atoms with Gasteiger partial charge in [-0.25, -0.2) is 9.97 Å². The van der Waals surface area contributed by atoms with E-state index in [-0.39, 0.29) is 5.41 Å². The molecule has 1 aliphatic carbocycles. The second-order valence-corrected chi connectivity index (χ2v) is 14.6. The first-order valence-electron chi connectivity index (χ1n) is 18.3. The van der Waals surface area contributed by atoms with Gasteiger partial charge in [0.05, 0.1) is 11.4 Å². The van der Waals surface area contributed by atoms with Crippen LogP contribution in [0, 0.1) is 0 Å². The first-order valence-corrected chi connectivity index (χ1v) is 18.3. The monoisotopic (exact) mass is 676 g/mol. The molecule has 0 saturated heterocycles. The molecule has 250 valence electrons. The van der Waals surface area contributed by atoms with Gasteiger partial charge in [0, 0.05) is 22.1 Å². The molecule has 53 heavy (non-hydrogen) atoms. The summed E-state index contributed by atoms with van der Waals surface area (Å²) in [6, 6.07) is 65.4. The lowest BCUT2D eigenvalue weighted by atomic mass is 9.81. The van der Waals surface area contributed by atoms with Crippen LogP contribution in [0.2, 0.25) is 0 Å². The van der Waals surface area contributed by atoms with Gasteiger partial charge in [-0.1, -0.05) is 159 Å². The molecular weight excluding hydrogens is 641 g/mol. The van der Waals surface area contributed by atoms with E-state index in [2.05, 4.69) is 184 Å². The highest BCUT2D eigenvalue weighted by Gasteiger charge is 2.36. The van der Waals surface area contributed by atoms with E-state index in [1.165, 1.54) is 60.7 Å². The van der Waals surface area contributed by atoms with E-state index in [0.717, 1.165) is 39.3 Å². The summed E-state index contributed by atoms with van der Waals surface area (Å²) in [5.74, 6) is 0.719. The van der Waals surface area contributed by atoms with E-state index in [4.69, 9.17) is 9.97 Å². The van der Waals surface area contributed by atoms with Crippen molar-refractivity contribution in [3.63, 3.8) is 0 Å². The number of nitrogens with zero attached hydrogens (tertiary/aromatic N) is 2. The molecule has 1 aliphatic rings. The summed E-state index contributed by atoms with van der Waals surface area (Å²) in [5.41, 5.74) is 15.2. The quantitative estimate of drug-likeness (QED) is 0.181. The van der Waals surface area contributed by atoms with Crippen molar-refractivity contribution in [3.05, 3.63) is 193 Å². The molecule has 1 heterocycles. The van der Waals surface area contributed by atoms with Gasteiger partial charge in [-0.15, -0.1) is 0 Å². The summed E-state index contributed by atoms with van der Waals surface area (Å²) >= 11 is 0. The van der Waals surface area contributed by atoms with Gasteiger partial charge in [0.15, 0.2) is 5.82 Å². The van der Waals surface area contributed by atoms with Crippen LogP contribution in [-0.2, 0) is 5.41 Å². The molecule has 1 aromatic heterocycles. The van der Waals surface area contributed by atoms with Gasteiger partial charge in [-0.2, -0.15) is 0 Å². The number of rotatable bonds is 5. The topological polar surface area (TPSA) is 25.8 Å². The molecule has 10 rings (SSSR count). The number of hydrogen-bond donors (Lipinski definition) is 0. The van der Waals surface area contributed by atoms with E-state index >= 15 is 0 Å². The maximum absolute atomic E-state index is 5.17. The summed E-state index contributed by atoms with van der Waals surface area (Å²) in [6.07, 6.45) is 0. The Kier molecular flexibility index (Phi) is 7.19. The van der Waals surface area contributed by atoms with Crippen LogP contribution in [-0.4, -0.2) is 9.97 Å². The molecule has 9 aromatic rings. The Balaban J connectivity index is 1.07. The molecule has 0 fully saturated rings. The smallest absolute Gasteiger partial charge is 0.161 e. The third kappa shape index (κ3) is 5.26. The van der Waals surface area contributed by atoms with Crippen LogP contribution in [0.3, 0.4) is 0 Å². The maximum atomic E-state index is 5.17. The normalized spacial score (nSPS) is 12.9. The number of fused-ring (bicyclic) bond motifs is 5. The molecule has 0 saturated carbocycles. The summed E-state index contributed by atoms with van der Waals surface area (Å²) < 4.78 is 0. The summed E-state index contributed by atoms with van der Waals surface area (Å²) in [6.45, 7) is 4.73. The van der Waals surface area contributed by atoms with Crippen molar-refractivity contribution < 1.29 is 0 Å². The largest absolute Gasteiger partial charge is 0.228 e. The minimum atomic E-state index is -0.0887. The molecule has 2 nitrogen and oxygen atoms in total. The minimum Gasteiger partial charge on any atom is -0.228 e. The van der Waals surface area contributed by atoms with E-state index in [1.54, 1.807) is 0 Å². The molecule has 0 bridgehead atoms. The summed E-state index contributed by atoms with van der Waals surface area (Å²) in [7, 11) is 0. The zero-order valence-corrected chi connectivity index (χ0v) is 29.7. The van der Waals surface area contributed by atoms with Crippen LogP contribution in [0.25, 0.3) is 88.8 Å². The Morgan fingerprint density at radius 1 is 0.340 bits per heavy atom. The molecule has 0 N–H and O–H groups in total. The first kappa shape index (κ1) is 31.1. The lowest BCUT2D eigenvalue weighted by Crippen LogP contribution is -2.15. The van der Waals surface area contributed by atoms with Gasteiger partial charge in [0.1, 0.15) is 0 Å². The van der Waals surface area contributed by atoms with Crippen LogP contribution in [0.1, 0.15) is 25.0 Å². The van der Waals surface area contributed by atoms with E-state index in [0.29, 0.717) is 0 Å². The molecule has 0 aliphatic heterocycles. The molecule has 0 radical (unpaired) electrons. The third-order valence-corrected chi connectivity index (χ3v) is 11.1. The second-order valence-electron chi connectivity index (χ2n) is 14.6. The third-order valence-electron chi connectivity index (χ3n) is 11.1. The predicted octanol–water partition coefficient (Wildman–Crippen LogP) is 13.4. The number of hydrogen-bond acceptors (Lipinski definition) is 2. The summed E-state index contributed by atoms with van der Waals surface area (Å²) in [4.78, 5) is 10.3. The van der Waals surface area contributed by atoms with Gasteiger partial charge in [0.25, 0.3) is 0 Å². The average Bonchev–Trinajstić information content (AvgIpc) is 3.44. The van der Waals surface area contributed by atoms with Crippen molar-refractivity contribution in [1.82, 2.24) is 9.97 Å². The number of aromatic nitrogens is 2. The fraction of sp³-hybridized carbons (Fsp3) is 0.0588. The highest BCUT2D eigenvalue weighted by atomic mass is 14.9. The maximum Gasteiger partial charge on any atom is 0.161 e. The Hall–Kier alpha value is -6.64. The molecule has 0 unspecified atom stereocenters. The highest BCUT2D eigenvalue weighted by molar-refractivity contribution is 6.04. The van der Waals surface area contributed by atoms with Crippen LogP contribution in [0.4, 0.5) is 0 Å². The molecule has 8 aromatic carbocycles. The minimum absolute atomic E-state index is 0.0887. The predicted molar refractivity (Wildman–Crippen MR) is 222 cm³/mol. The standard InChI is InChI=1S/C51H36N2/c1-51(2)46-31-38(24-25-43(46)45-29-36-18-9-10-19-37(36)30-47(45)51)35-20-13-21-39(28-35)40-26-27-44(42-23-12-11-22-41(40)42)50-52-48(33-14-5-3-6-15-33)32-49(53-50)34-16-7-4-8-17-34/h3-32H,1-2H3. The molecule has 0 spiro atoms. The van der Waals surface area contributed by atoms with Crippen molar-refractivity contribution >= 4 is 21.5 Å². The summed E-state index contributed by atoms with van der Waals surface area (Å²) in [5, 5.41) is 4.89. The lowest BCUT2D eigenvalue weighted by molar-refractivity contribution is 0.661. The molecular formula is C51H36N2. The van der Waals surface area contributed by atoms with Crippen LogP contribution < -0.4 is 0 Å². The van der Waals surface area contributed by atoms with Crippen molar-refractivity contribution in [2.45, 2.75) is 19.3 Å². The van der Waals surface area contributed by atoms with Gasteiger partial charge >= 0.3 is 0 Å². The van der Waals surface area contributed by atoms with Crippen molar-refractivity contribution in [1.29, 1.82) is 0 Å². The lowest BCUT2D eigenvalue weighted by Gasteiger charge is -2.22. The Morgan fingerprint density at radius 3 is 1.55 bits per heavy atom. The highest BCUT2D eigenvalue weighted by Crippen LogP contribution is 2.51. The van der Waals surface area contributed by atoms with Gasteiger partial charge in [-0.3, -0.25) is 0 Å². The van der Waals surface area contributed by atoms with E-state index < -0.39 is 0 Å². The van der Waals surface area contributed by atoms with E-state index in [9.17, 15) is 0 Å². The number of benzene rings is 8. The van der Waals surface area contributed by atoms with Crippen molar-refractivity contribution in [2.24, 2.45) is 0 Å². The van der Waals surface area contributed by atoms with Gasteiger partial charge < -0.3 is 0 Å². The zero-order chi connectivity index (χ0) is 35.5. The van der Waals surface area contributed by atoms with Crippen molar-refractivity contribution in [3.8, 4) is 67.3 Å². The van der Waals surface area contributed by atoms with Gasteiger partial charge in [0.2, 0.25) is 0 Å². The van der Waals surface area contributed by atoms with Gasteiger partial charge in [-0.05, 0) is 102 Å². The molecule has 0 amide bonds. The van der Waals surface area contributed by atoms with Crippen LogP contribution >= 0.6 is 0 Å². The average molecular weight is 677 g/mol. The van der Waals surface area contributed by atoms with Crippen molar-refractivity contribution in [2.75, 3.05) is 0 Å². The SMILES string of the molecule is CC1(C)c2cc(-c3cccc(-c4ccc(-c5nc(-c6ccccc6)cc(-c6ccccc6)n5)c5ccccc45)c3)ccc2-c2cc3ccccc3cc21. The fourth-order valence-corrected chi connectivity index (χ4v) is 8.29. The second kappa shape index (κ2) is 12.3. The molecule has 2 heteroatoms. The Bertz CT molecular complexity index is 2790. The van der Waals surface area contributed by atoms with Crippen LogP contribution in [0.15, 0.2) is 182 Å².